The molecule has 0 spiro atoms. The zero-order chi connectivity index (χ0) is 12.0. The lowest BCUT2D eigenvalue weighted by atomic mass is 10.1. The van der Waals surface area contributed by atoms with E-state index in [-0.39, 0.29) is 0 Å². The Morgan fingerprint density at radius 1 is 0.750 bits per heavy atom. The van der Waals surface area contributed by atoms with Crippen LogP contribution < -0.4 is 0 Å². The molecule has 16 heavy (non-hydrogen) atoms. The van der Waals surface area contributed by atoms with Crippen LogP contribution in [0, 0.1) is 0 Å². The maximum Gasteiger partial charge on any atom is 0.152 e. The van der Waals surface area contributed by atoms with Gasteiger partial charge in [-0.25, -0.2) is 8.42 Å². The average molecular weight is 248 g/mol. The van der Waals surface area contributed by atoms with Crippen molar-refractivity contribution < 1.29 is 8.42 Å². The fourth-order valence-electron chi connectivity index (χ4n) is 1.86. The minimum Gasteiger partial charge on any atom is -0.306 e. The van der Waals surface area contributed by atoms with E-state index in [0.29, 0.717) is 24.6 Å². The second-order valence-corrected chi connectivity index (χ2v) is 7.12. The Bertz CT molecular complexity index is 270. The van der Waals surface area contributed by atoms with Crippen LogP contribution in [0.4, 0.5) is 0 Å². The molecule has 0 aromatic rings. The second-order valence-electron chi connectivity index (χ2n) is 4.82. The third-order valence-electron chi connectivity index (χ3n) is 3.15. The summed E-state index contributed by atoms with van der Waals surface area (Å²) in [7, 11) is 1.48. The highest BCUT2D eigenvalue weighted by atomic mass is 32.2. The van der Waals surface area contributed by atoms with E-state index in [4.69, 9.17) is 0 Å². The molecule has 2 saturated heterocycles. The van der Waals surface area contributed by atoms with Gasteiger partial charge in [0.25, 0.3) is 0 Å². The summed E-state index contributed by atoms with van der Waals surface area (Å²) in [6, 6.07) is 0. The molecule has 0 saturated carbocycles. The number of rotatable bonds is 0. The summed E-state index contributed by atoms with van der Waals surface area (Å²) in [5.41, 5.74) is 0. The Hall–Kier alpha value is -0.130. The van der Waals surface area contributed by atoms with E-state index in [1.165, 1.54) is 32.4 Å². The topological polar surface area (TPSA) is 40.6 Å². The van der Waals surface area contributed by atoms with Crippen LogP contribution in [0.1, 0.15) is 19.3 Å². The molecule has 0 N–H and O–H groups in total. The summed E-state index contributed by atoms with van der Waals surface area (Å²) in [6.45, 7) is 4.03. The highest BCUT2D eigenvalue weighted by Crippen LogP contribution is 2.04. The Morgan fingerprint density at radius 2 is 1.19 bits per heavy atom. The Labute approximate surface area is 99.5 Å². The predicted molar refractivity (Wildman–Crippen MR) is 67.5 cm³/mol. The summed E-state index contributed by atoms with van der Waals surface area (Å²) in [6.07, 6.45) is 4.28. The first kappa shape index (κ1) is 13.9. The van der Waals surface area contributed by atoms with Gasteiger partial charge in [0.05, 0.1) is 11.5 Å². The van der Waals surface area contributed by atoms with Gasteiger partial charge in [-0.05, 0) is 40.0 Å². The van der Waals surface area contributed by atoms with Crippen LogP contribution in [-0.2, 0) is 9.84 Å². The van der Waals surface area contributed by atoms with E-state index in [2.05, 4.69) is 11.9 Å². The van der Waals surface area contributed by atoms with E-state index in [1.54, 1.807) is 0 Å². The van der Waals surface area contributed by atoms with Gasteiger partial charge in [-0.15, -0.1) is 0 Å². The van der Waals surface area contributed by atoms with Crippen molar-refractivity contribution in [2.75, 3.05) is 51.8 Å². The van der Waals surface area contributed by atoms with Gasteiger partial charge in [0, 0.05) is 13.1 Å². The molecule has 0 aromatic carbocycles. The number of sulfone groups is 1. The van der Waals surface area contributed by atoms with Crippen molar-refractivity contribution in [3.63, 3.8) is 0 Å². The van der Waals surface area contributed by atoms with Gasteiger partial charge in [-0.2, -0.15) is 0 Å². The number of hydrogen-bond acceptors (Lipinski definition) is 4. The number of piperidine rings is 1. The van der Waals surface area contributed by atoms with Crippen LogP contribution >= 0.6 is 0 Å². The van der Waals surface area contributed by atoms with Crippen molar-refractivity contribution in [3.8, 4) is 0 Å². The van der Waals surface area contributed by atoms with Crippen LogP contribution in [0.2, 0.25) is 0 Å². The van der Waals surface area contributed by atoms with Crippen LogP contribution in [0.15, 0.2) is 0 Å². The fraction of sp³-hybridized carbons (Fsp3) is 1.00. The van der Waals surface area contributed by atoms with Crippen LogP contribution in [0.5, 0.6) is 0 Å². The maximum absolute atomic E-state index is 10.8. The van der Waals surface area contributed by atoms with Crippen molar-refractivity contribution >= 4 is 9.84 Å². The van der Waals surface area contributed by atoms with Gasteiger partial charge in [-0.1, -0.05) is 6.42 Å². The molecule has 0 radical (unpaired) electrons. The summed E-state index contributed by atoms with van der Waals surface area (Å²) in [5, 5.41) is 0. The molecule has 0 atom stereocenters. The first-order valence-electron chi connectivity index (χ1n) is 6.07. The van der Waals surface area contributed by atoms with Gasteiger partial charge in [-0.3, -0.25) is 0 Å². The molecule has 2 aliphatic rings. The van der Waals surface area contributed by atoms with Gasteiger partial charge >= 0.3 is 0 Å². The molecule has 5 heteroatoms. The minimum absolute atomic E-state index is 0.337. The highest BCUT2D eigenvalue weighted by Gasteiger charge is 2.17. The predicted octanol–water partition coefficient (Wildman–Crippen LogP) is 0.449. The molecule has 96 valence electrons. The van der Waals surface area contributed by atoms with E-state index in [1.807, 2.05) is 11.9 Å². The first-order chi connectivity index (χ1) is 7.49. The zero-order valence-electron chi connectivity index (χ0n) is 10.5. The molecule has 2 fully saturated rings. The number of likely N-dealkylation sites (tertiary alicyclic amines) is 1. The number of nitrogens with zero attached hydrogens (tertiary/aromatic N) is 2. The van der Waals surface area contributed by atoms with E-state index in [0.717, 1.165) is 0 Å². The lowest BCUT2D eigenvalue weighted by molar-refractivity contribution is 0.277. The zero-order valence-corrected chi connectivity index (χ0v) is 11.3. The number of hydrogen-bond donors (Lipinski definition) is 0. The molecule has 2 rings (SSSR count). The Kier molecular flexibility index (Phi) is 5.72. The SMILES string of the molecule is CN1CCCCC1.CN1CCS(=O)(=O)CC1. The normalized spacial score (nSPS) is 26.9. The quantitative estimate of drug-likeness (QED) is 0.624. The summed E-state index contributed by atoms with van der Waals surface area (Å²) in [4.78, 5) is 4.42. The molecule has 4 nitrogen and oxygen atoms in total. The third-order valence-corrected chi connectivity index (χ3v) is 4.76. The van der Waals surface area contributed by atoms with Crippen LogP contribution in [-0.4, -0.2) is 70.0 Å². The average Bonchev–Trinajstić information content (AvgIpc) is 2.25. The van der Waals surface area contributed by atoms with Crippen molar-refractivity contribution in [3.05, 3.63) is 0 Å². The summed E-state index contributed by atoms with van der Waals surface area (Å²) < 4.78 is 21.5. The second kappa shape index (κ2) is 6.57. The fourth-order valence-corrected chi connectivity index (χ4v) is 3.24. The minimum atomic E-state index is -2.66. The largest absolute Gasteiger partial charge is 0.306 e. The van der Waals surface area contributed by atoms with Crippen molar-refractivity contribution in [1.82, 2.24) is 9.80 Å². The van der Waals surface area contributed by atoms with E-state index < -0.39 is 9.84 Å². The van der Waals surface area contributed by atoms with Gasteiger partial charge in [0.15, 0.2) is 9.84 Å². The van der Waals surface area contributed by atoms with Gasteiger partial charge in [0.1, 0.15) is 0 Å². The Morgan fingerprint density at radius 3 is 1.50 bits per heavy atom. The lowest BCUT2D eigenvalue weighted by Crippen LogP contribution is -2.37. The van der Waals surface area contributed by atoms with Crippen molar-refractivity contribution in [2.24, 2.45) is 0 Å². The standard InChI is InChI=1S/C6H13N.C5H11NO2S/c1-7-5-3-2-4-6-7;1-6-2-4-9(7,8)5-3-6/h2-6H2,1H3;2-5H2,1H3. The molecule has 2 aliphatic heterocycles. The monoisotopic (exact) mass is 248 g/mol. The lowest BCUT2D eigenvalue weighted by Gasteiger charge is -2.21. The van der Waals surface area contributed by atoms with Crippen molar-refractivity contribution in [1.29, 1.82) is 0 Å². The molecule has 0 aliphatic carbocycles. The molecule has 0 amide bonds. The molecular weight excluding hydrogens is 224 g/mol. The van der Waals surface area contributed by atoms with Crippen LogP contribution in [0.3, 0.4) is 0 Å². The first-order valence-corrected chi connectivity index (χ1v) is 7.89. The molecule has 0 unspecified atom stereocenters. The Balaban J connectivity index is 0.000000165. The maximum atomic E-state index is 10.8. The van der Waals surface area contributed by atoms with Gasteiger partial charge < -0.3 is 9.80 Å². The molecular formula is C11H24N2O2S. The van der Waals surface area contributed by atoms with E-state index >= 15 is 0 Å². The molecule has 2 heterocycles. The highest BCUT2D eigenvalue weighted by molar-refractivity contribution is 7.91. The molecule has 0 bridgehead atoms. The van der Waals surface area contributed by atoms with Gasteiger partial charge in [0.2, 0.25) is 0 Å². The third kappa shape index (κ3) is 5.82. The smallest absolute Gasteiger partial charge is 0.152 e. The summed E-state index contributed by atoms with van der Waals surface area (Å²) in [5.74, 6) is 0.674. The summed E-state index contributed by atoms with van der Waals surface area (Å²) >= 11 is 0. The van der Waals surface area contributed by atoms with E-state index in [9.17, 15) is 8.42 Å². The van der Waals surface area contributed by atoms with Crippen LogP contribution in [0.25, 0.3) is 0 Å². The molecule has 0 aromatic heterocycles. The van der Waals surface area contributed by atoms with Crippen molar-refractivity contribution in [2.45, 2.75) is 19.3 Å².